The first kappa shape index (κ1) is 11.4. The van der Waals surface area contributed by atoms with E-state index in [9.17, 15) is 18.0 Å². The highest BCUT2D eigenvalue weighted by molar-refractivity contribution is 5.95. The lowest BCUT2D eigenvalue weighted by molar-refractivity contribution is -0.0494. The van der Waals surface area contributed by atoms with Crippen LogP contribution in [0.5, 0.6) is 5.75 Å². The van der Waals surface area contributed by atoms with E-state index in [0.717, 1.165) is 19.1 Å². The predicted molar refractivity (Wildman–Crippen MR) is 47.4 cm³/mol. The van der Waals surface area contributed by atoms with Crippen LogP contribution < -0.4 is 10.5 Å². The Morgan fingerprint density at radius 2 is 2.07 bits per heavy atom. The molecule has 0 spiro atoms. The van der Waals surface area contributed by atoms with Gasteiger partial charge in [0.1, 0.15) is 5.69 Å². The van der Waals surface area contributed by atoms with Gasteiger partial charge in [-0.1, -0.05) is 0 Å². The number of carbonyl (C=O) groups excluding carboxylic acids is 1. The van der Waals surface area contributed by atoms with Crippen molar-refractivity contribution in [3.63, 3.8) is 0 Å². The van der Waals surface area contributed by atoms with Crippen molar-refractivity contribution in [1.29, 1.82) is 0 Å². The Morgan fingerprint density at radius 3 is 2.53 bits per heavy atom. The van der Waals surface area contributed by atoms with Crippen LogP contribution in [0.1, 0.15) is 17.3 Å². The van der Waals surface area contributed by atoms with Crippen molar-refractivity contribution in [1.82, 2.24) is 0 Å². The van der Waals surface area contributed by atoms with Crippen LogP contribution in [-0.2, 0) is 0 Å². The molecule has 0 amide bonds. The van der Waals surface area contributed by atoms with Crippen molar-refractivity contribution in [2.45, 2.75) is 13.5 Å². The van der Waals surface area contributed by atoms with E-state index in [1.54, 1.807) is 0 Å². The second kappa shape index (κ2) is 4.20. The van der Waals surface area contributed by atoms with Crippen molar-refractivity contribution in [3.8, 4) is 5.75 Å². The molecule has 0 fully saturated rings. The van der Waals surface area contributed by atoms with E-state index in [1.807, 2.05) is 0 Å². The lowest BCUT2D eigenvalue weighted by Crippen LogP contribution is -2.08. The number of hydrogen-bond donors (Lipinski definition) is 1. The van der Waals surface area contributed by atoms with Crippen LogP contribution in [0.25, 0.3) is 0 Å². The number of halogens is 3. The minimum Gasteiger partial charge on any atom is -0.433 e. The van der Waals surface area contributed by atoms with Crippen molar-refractivity contribution in [2.75, 3.05) is 5.73 Å². The third-order valence-corrected chi connectivity index (χ3v) is 1.74. The third-order valence-electron chi connectivity index (χ3n) is 1.74. The van der Waals surface area contributed by atoms with Gasteiger partial charge >= 0.3 is 6.61 Å². The second-order valence-electron chi connectivity index (χ2n) is 2.77. The smallest absolute Gasteiger partial charge is 0.387 e. The Bertz CT molecular complexity index is 393. The zero-order valence-corrected chi connectivity index (χ0v) is 7.76. The second-order valence-corrected chi connectivity index (χ2v) is 2.77. The SMILES string of the molecule is CC(=O)c1ccc(OC(F)F)c(N)c1F. The largest absolute Gasteiger partial charge is 0.433 e. The van der Waals surface area contributed by atoms with Gasteiger partial charge in [0.25, 0.3) is 0 Å². The van der Waals surface area contributed by atoms with E-state index in [0.29, 0.717) is 0 Å². The zero-order chi connectivity index (χ0) is 11.6. The fraction of sp³-hybridized carbons (Fsp3) is 0.222. The monoisotopic (exact) mass is 219 g/mol. The number of ether oxygens (including phenoxy) is 1. The molecule has 0 unspecified atom stereocenters. The van der Waals surface area contributed by atoms with Crippen molar-refractivity contribution in [2.24, 2.45) is 0 Å². The summed E-state index contributed by atoms with van der Waals surface area (Å²) in [6, 6.07) is 2.08. The molecule has 2 N–H and O–H groups in total. The van der Waals surface area contributed by atoms with Gasteiger partial charge in [-0.3, -0.25) is 4.79 Å². The minimum atomic E-state index is -3.09. The van der Waals surface area contributed by atoms with E-state index in [-0.39, 0.29) is 5.56 Å². The quantitative estimate of drug-likeness (QED) is 0.626. The highest BCUT2D eigenvalue weighted by atomic mass is 19.3. The Morgan fingerprint density at radius 1 is 1.47 bits per heavy atom. The van der Waals surface area contributed by atoms with Gasteiger partial charge in [-0.25, -0.2) is 4.39 Å². The van der Waals surface area contributed by atoms with Crippen LogP contribution in [0.15, 0.2) is 12.1 Å². The van der Waals surface area contributed by atoms with E-state index in [4.69, 9.17) is 5.73 Å². The van der Waals surface area contributed by atoms with Crippen molar-refractivity contribution >= 4 is 11.5 Å². The van der Waals surface area contributed by atoms with Gasteiger partial charge in [0.2, 0.25) is 0 Å². The molecule has 1 rings (SSSR count). The first-order chi connectivity index (χ1) is 6.93. The molecule has 0 heterocycles. The van der Waals surface area contributed by atoms with Gasteiger partial charge in [0, 0.05) is 0 Å². The summed E-state index contributed by atoms with van der Waals surface area (Å²) < 4.78 is 40.9. The summed E-state index contributed by atoms with van der Waals surface area (Å²) >= 11 is 0. The molecule has 0 atom stereocenters. The number of anilines is 1. The molecule has 1 aromatic rings. The number of rotatable bonds is 3. The number of Topliss-reactive ketones (excluding diaryl/α,β-unsaturated/α-hetero) is 1. The van der Waals surface area contributed by atoms with E-state index < -0.39 is 29.6 Å². The molecule has 6 heteroatoms. The summed E-state index contributed by atoms with van der Waals surface area (Å²) in [6.07, 6.45) is 0. The van der Waals surface area contributed by atoms with Crippen LogP contribution in [0.4, 0.5) is 18.9 Å². The molecule has 0 bridgehead atoms. The average Bonchev–Trinajstić information content (AvgIpc) is 2.12. The average molecular weight is 219 g/mol. The number of ketones is 1. The lowest BCUT2D eigenvalue weighted by Gasteiger charge is -2.09. The zero-order valence-electron chi connectivity index (χ0n) is 7.76. The van der Waals surface area contributed by atoms with Gasteiger partial charge in [-0.15, -0.1) is 0 Å². The number of nitrogens with two attached hydrogens (primary N) is 1. The van der Waals surface area contributed by atoms with Crippen molar-refractivity contribution < 1.29 is 22.7 Å². The van der Waals surface area contributed by atoms with Crippen LogP contribution >= 0.6 is 0 Å². The fourth-order valence-electron chi connectivity index (χ4n) is 1.05. The van der Waals surface area contributed by atoms with Crippen LogP contribution in [-0.4, -0.2) is 12.4 Å². The summed E-state index contributed by atoms with van der Waals surface area (Å²) in [5.74, 6) is -2.06. The normalized spacial score (nSPS) is 10.5. The van der Waals surface area contributed by atoms with E-state index >= 15 is 0 Å². The summed E-state index contributed by atoms with van der Waals surface area (Å²) in [6.45, 7) is -1.94. The number of benzene rings is 1. The van der Waals surface area contributed by atoms with Gasteiger partial charge in [-0.05, 0) is 19.1 Å². The number of alkyl halides is 2. The molecule has 15 heavy (non-hydrogen) atoms. The molecule has 0 aromatic heterocycles. The Labute approximate surface area is 83.6 Å². The Balaban J connectivity index is 3.15. The number of hydrogen-bond acceptors (Lipinski definition) is 3. The molecule has 0 saturated heterocycles. The summed E-state index contributed by atoms with van der Waals surface area (Å²) in [4.78, 5) is 10.9. The molecule has 0 saturated carbocycles. The maximum atomic E-state index is 13.3. The molecule has 0 aliphatic rings. The van der Waals surface area contributed by atoms with E-state index in [1.165, 1.54) is 0 Å². The topological polar surface area (TPSA) is 52.3 Å². The van der Waals surface area contributed by atoms with Gasteiger partial charge in [0.05, 0.1) is 5.56 Å². The van der Waals surface area contributed by atoms with E-state index in [2.05, 4.69) is 4.74 Å². The molecule has 0 aliphatic heterocycles. The standard InChI is InChI=1S/C9H8F3NO2/c1-4(14)5-2-3-6(15-9(11)12)8(13)7(5)10/h2-3,9H,13H2,1H3. The molecule has 0 aliphatic carbocycles. The first-order valence-electron chi connectivity index (χ1n) is 3.97. The molecule has 0 radical (unpaired) electrons. The van der Waals surface area contributed by atoms with Crippen molar-refractivity contribution in [3.05, 3.63) is 23.5 Å². The first-order valence-corrected chi connectivity index (χ1v) is 3.97. The number of carbonyl (C=O) groups is 1. The van der Waals surface area contributed by atoms with Gasteiger partial charge in [-0.2, -0.15) is 8.78 Å². The van der Waals surface area contributed by atoms with Crippen LogP contribution in [0, 0.1) is 5.82 Å². The maximum absolute atomic E-state index is 13.3. The lowest BCUT2D eigenvalue weighted by atomic mass is 10.1. The fourth-order valence-corrected chi connectivity index (χ4v) is 1.05. The van der Waals surface area contributed by atoms with Crippen LogP contribution in [0.2, 0.25) is 0 Å². The van der Waals surface area contributed by atoms with Gasteiger partial charge < -0.3 is 10.5 Å². The molecular weight excluding hydrogens is 211 g/mol. The number of nitrogen functional groups attached to an aromatic ring is 1. The Hall–Kier alpha value is -1.72. The van der Waals surface area contributed by atoms with Gasteiger partial charge in [0.15, 0.2) is 17.3 Å². The maximum Gasteiger partial charge on any atom is 0.387 e. The van der Waals surface area contributed by atoms with Crippen LogP contribution in [0.3, 0.4) is 0 Å². The summed E-state index contributed by atoms with van der Waals surface area (Å²) in [5, 5.41) is 0. The molecular formula is C9H8F3NO2. The molecule has 1 aromatic carbocycles. The summed E-state index contributed by atoms with van der Waals surface area (Å²) in [5.41, 5.74) is 4.33. The predicted octanol–water partition coefficient (Wildman–Crippen LogP) is 2.21. The third kappa shape index (κ3) is 2.39. The highest BCUT2D eigenvalue weighted by Crippen LogP contribution is 2.28. The summed E-state index contributed by atoms with van der Waals surface area (Å²) in [7, 11) is 0. The molecule has 82 valence electrons. The highest BCUT2D eigenvalue weighted by Gasteiger charge is 2.16. The molecule has 3 nitrogen and oxygen atoms in total. The Kier molecular flexibility index (Phi) is 3.18. The minimum absolute atomic E-state index is 0.255.